The summed E-state index contributed by atoms with van der Waals surface area (Å²) in [6.45, 7) is 8.13. The van der Waals surface area contributed by atoms with Crippen molar-refractivity contribution in [2.24, 2.45) is 5.41 Å². The van der Waals surface area contributed by atoms with E-state index in [1.165, 1.54) is 12.0 Å². The smallest absolute Gasteiger partial charge is 0.140 e. The lowest BCUT2D eigenvalue weighted by Gasteiger charge is -2.29. The van der Waals surface area contributed by atoms with Crippen LogP contribution >= 0.6 is 0 Å². The summed E-state index contributed by atoms with van der Waals surface area (Å²) >= 11 is 0. The van der Waals surface area contributed by atoms with Crippen molar-refractivity contribution in [3.63, 3.8) is 0 Å². The first-order valence-corrected chi connectivity index (χ1v) is 5.34. The summed E-state index contributed by atoms with van der Waals surface area (Å²) < 4.78 is 0. The number of carbonyl (C=O) groups excluding carboxylic acids is 1. The SMILES string of the molecule is C=CCC(=O)CC1=CCCC(C)(C)C1. The summed E-state index contributed by atoms with van der Waals surface area (Å²) in [5, 5.41) is 0. The summed E-state index contributed by atoms with van der Waals surface area (Å²) in [5.74, 6) is 0.295. The van der Waals surface area contributed by atoms with E-state index in [0.717, 1.165) is 12.8 Å². The Kier molecular flexibility index (Phi) is 3.68. The van der Waals surface area contributed by atoms with E-state index in [1.807, 2.05) is 0 Å². The van der Waals surface area contributed by atoms with Gasteiger partial charge < -0.3 is 0 Å². The first kappa shape index (κ1) is 11.2. The number of hydrogen-bond acceptors (Lipinski definition) is 1. The molecule has 78 valence electrons. The van der Waals surface area contributed by atoms with Crippen molar-refractivity contribution < 1.29 is 4.79 Å². The molecule has 1 heteroatoms. The van der Waals surface area contributed by atoms with E-state index >= 15 is 0 Å². The van der Waals surface area contributed by atoms with Gasteiger partial charge in [-0.15, -0.1) is 6.58 Å². The van der Waals surface area contributed by atoms with Gasteiger partial charge in [-0.3, -0.25) is 4.79 Å². The summed E-state index contributed by atoms with van der Waals surface area (Å²) in [6, 6.07) is 0. The first-order valence-electron chi connectivity index (χ1n) is 5.34. The molecule has 0 aromatic carbocycles. The molecule has 1 rings (SSSR count). The highest BCUT2D eigenvalue weighted by Crippen LogP contribution is 2.36. The maximum absolute atomic E-state index is 11.4. The monoisotopic (exact) mass is 192 g/mol. The van der Waals surface area contributed by atoms with Crippen molar-refractivity contribution in [2.45, 2.75) is 46.0 Å². The molecule has 0 atom stereocenters. The molecule has 1 nitrogen and oxygen atoms in total. The Bertz CT molecular complexity index is 258. The van der Waals surface area contributed by atoms with Crippen LogP contribution in [0.15, 0.2) is 24.3 Å². The van der Waals surface area contributed by atoms with Gasteiger partial charge in [0.2, 0.25) is 0 Å². The van der Waals surface area contributed by atoms with E-state index in [0.29, 0.717) is 24.0 Å². The van der Waals surface area contributed by atoms with Crippen LogP contribution in [0.3, 0.4) is 0 Å². The lowest BCUT2D eigenvalue weighted by atomic mass is 9.76. The fourth-order valence-corrected chi connectivity index (χ4v) is 2.06. The molecule has 0 fully saturated rings. The van der Waals surface area contributed by atoms with Gasteiger partial charge in [0.1, 0.15) is 5.78 Å². The van der Waals surface area contributed by atoms with Crippen LogP contribution < -0.4 is 0 Å². The number of hydrogen-bond donors (Lipinski definition) is 0. The van der Waals surface area contributed by atoms with Crippen LogP contribution in [0.1, 0.15) is 46.0 Å². The topological polar surface area (TPSA) is 17.1 Å². The van der Waals surface area contributed by atoms with Crippen LogP contribution in [0.25, 0.3) is 0 Å². The third-order valence-electron chi connectivity index (χ3n) is 2.76. The highest BCUT2D eigenvalue weighted by Gasteiger charge is 2.23. The summed E-state index contributed by atoms with van der Waals surface area (Å²) in [7, 11) is 0. The van der Waals surface area contributed by atoms with Crippen molar-refractivity contribution in [1.29, 1.82) is 0 Å². The third-order valence-corrected chi connectivity index (χ3v) is 2.76. The minimum Gasteiger partial charge on any atom is -0.299 e. The van der Waals surface area contributed by atoms with E-state index in [1.54, 1.807) is 6.08 Å². The molecule has 14 heavy (non-hydrogen) atoms. The van der Waals surface area contributed by atoms with Crippen LogP contribution in [-0.4, -0.2) is 5.78 Å². The van der Waals surface area contributed by atoms with Gasteiger partial charge >= 0.3 is 0 Å². The van der Waals surface area contributed by atoms with Gasteiger partial charge in [0, 0.05) is 12.8 Å². The standard InChI is InChI=1S/C13H20O/c1-4-6-12(14)9-11-7-5-8-13(2,3)10-11/h4,7H,1,5-6,8-10H2,2-3H3. The molecule has 0 heterocycles. The molecular weight excluding hydrogens is 172 g/mol. The van der Waals surface area contributed by atoms with Gasteiger partial charge in [0.05, 0.1) is 0 Å². The molecule has 0 aromatic rings. The van der Waals surface area contributed by atoms with E-state index in [-0.39, 0.29) is 0 Å². The molecule has 0 unspecified atom stereocenters. The predicted octanol–water partition coefficient (Wildman–Crippen LogP) is 3.66. The molecule has 0 saturated heterocycles. The Labute approximate surface area is 86.9 Å². The number of ketones is 1. The zero-order valence-corrected chi connectivity index (χ0v) is 9.31. The highest BCUT2D eigenvalue weighted by molar-refractivity contribution is 5.82. The Morgan fingerprint density at radius 3 is 2.93 bits per heavy atom. The van der Waals surface area contributed by atoms with E-state index in [2.05, 4.69) is 26.5 Å². The molecular formula is C13H20O. The maximum atomic E-state index is 11.4. The van der Waals surface area contributed by atoms with Crippen LogP contribution in [0.4, 0.5) is 0 Å². The number of allylic oxidation sites excluding steroid dienone is 3. The maximum Gasteiger partial charge on any atom is 0.140 e. The second-order valence-corrected chi connectivity index (χ2v) is 4.95. The van der Waals surface area contributed by atoms with Gasteiger partial charge in [0.25, 0.3) is 0 Å². The quantitative estimate of drug-likeness (QED) is 0.621. The Morgan fingerprint density at radius 2 is 2.36 bits per heavy atom. The normalized spacial score (nSPS) is 20.0. The van der Waals surface area contributed by atoms with Gasteiger partial charge in [-0.2, -0.15) is 0 Å². The van der Waals surface area contributed by atoms with Crippen molar-refractivity contribution in [1.82, 2.24) is 0 Å². The van der Waals surface area contributed by atoms with Crippen molar-refractivity contribution >= 4 is 5.78 Å². The van der Waals surface area contributed by atoms with Crippen LogP contribution in [0.5, 0.6) is 0 Å². The van der Waals surface area contributed by atoms with Gasteiger partial charge in [-0.1, -0.05) is 31.6 Å². The number of rotatable bonds is 4. The Morgan fingerprint density at radius 1 is 1.64 bits per heavy atom. The molecule has 0 bridgehead atoms. The van der Waals surface area contributed by atoms with E-state index < -0.39 is 0 Å². The molecule has 0 spiro atoms. The lowest BCUT2D eigenvalue weighted by Crippen LogP contribution is -2.17. The van der Waals surface area contributed by atoms with E-state index in [9.17, 15) is 4.79 Å². The second kappa shape index (κ2) is 4.59. The second-order valence-electron chi connectivity index (χ2n) is 4.95. The summed E-state index contributed by atoms with van der Waals surface area (Å²) in [5.41, 5.74) is 1.71. The Balaban J connectivity index is 2.49. The highest BCUT2D eigenvalue weighted by atomic mass is 16.1. The summed E-state index contributed by atoms with van der Waals surface area (Å²) in [4.78, 5) is 11.4. The third kappa shape index (κ3) is 3.49. The van der Waals surface area contributed by atoms with Gasteiger partial charge in [-0.25, -0.2) is 0 Å². The molecule has 0 aromatic heterocycles. The number of carbonyl (C=O) groups is 1. The van der Waals surface area contributed by atoms with Crippen molar-refractivity contribution in [3.8, 4) is 0 Å². The Hall–Kier alpha value is -0.850. The molecule has 1 aliphatic rings. The number of Topliss-reactive ketones (excluding diaryl/α,β-unsaturated/α-hetero) is 1. The molecule has 0 aliphatic heterocycles. The van der Waals surface area contributed by atoms with Gasteiger partial charge in [0.15, 0.2) is 0 Å². The average molecular weight is 192 g/mol. The van der Waals surface area contributed by atoms with Crippen LogP contribution in [-0.2, 0) is 4.79 Å². The lowest BCUT2D eigenvalue weighted by molar-refractivity contribution is -0.117. The van der Waals surface area contributed by atoms with Crippen LogP contribution in [0, 0.1) is 5.41 Å². The molecule has 0 radical (unpaired) electrons. The molecule has 0 N–H and O–H groups in total. The zero-order chi connectivity index (χ0) is 10.6. The average Bonchev–Trinajstić information content (AvgIpc) is 2.02. The molecule has 0 saturated carbocycles. The fourth-order valence-electron chi connectivity index (χ4n) is 2.06. The predicted molar refractivity (Wildman–Crippen MR) is 60.2 cm³/mol. The minimum absolute atomic E-state index is 0.295. The van der Waals surface area contributed by atoms with E-state index in [4.69, 9.17) is 0 Å². The van der Waals surface area contributed by atoms with Gasteiger partial charge in [-0.05, 0) is 24.7 Å². The fraction of sp³-hybridized carbons (Fsp3) is 0.615. The summed E-state index contributed by atoms with van der Waals surface area (Å²) in [6.07, 6.45) is 8.53. The largest absolute Gasteiger partial charge is 0.299 e. The molecule has 1 aliphatic carbocycles. The van der Waals surface area contributed by atoms with Crippen molar-refractivity contribution in [3.05, 3.63) is 24.3 Å². The minimum atomic E-state index is 0.295. The van der Waals surface area contributed by atoms with Crippen molar-refractivity contribution in [2.75, 3.05) is 0 Å². The van der Waals surface area contributed by atoms with Crippen LogP contribution in [0.2, 0.25) is 0 Å². The molecule has 0 amide bonds. The zero-order valence-electron chi connectivity index (χ0n) is 9.31. The first-order chi connectivity index (χ1) is 6.53.